The highest BCUT2D eigenvalue weighted by molar-refractivity contribution is 8.01. The molecule has 0 saturated heterocycles. The largest absolute Gasteiger partial charge is 0.350 e. The monoisotopic (exact) mass is 214 g/mol. The molecule has 0 aromatic carbocycles. The molecule has 1 aliphatic rings. The van der Waals surface area contributed by atoms with Crippen molar-refractivity contribution in [2.75, 3.05) is 6.26 Å². The maximum atomic E-state index is 11.3. The number of carbonyl (C=O) groups excluding carboxylic acids is 1. The SMILES string of the molecule is CS/C=C/C(=O)NC1CCC(N)CC1. The number of rotatable bonds is 3. The van der Waals surface area contributed by atoms with Gasteiger partial charge < -0.3 is 11.1 Å². The minimum Gasteiger partial charge on any atom is -0.350 e. The second-order valence-corrected chi connectivity index (χ2v) is 4.40. The van der Waals surface area contributed by atoms with Crippen molar-refractivity contribution in [3.05, 3.63) is 11.5 Å². The predicted octanol–water partition coefficient (Wildman–Crippen LogP) is 1.25. The molecule has 1 fully saturated rings. The van der Waals surface area contributed by atoms with E-state index in [1.807, 2.05) is 6.26 Å². The van der Waals surface area contributed by atoms with Gasteiger partial charge in [-0.3, -0.25) is 4.79 Å². The first-order chi connectivity index (χ1) is 6.72. The van der Waals surface area contributed by atoms with E-state index in [2.05, 4.69) is 5.32 Å². The third-order valence-electron chi connectivity index (χ3n) is 2.47. The second kappa shape index (κ2) is 6.09. The van der Waals surface area contributed by atoms with Crippen LogP contribution in [0.3, 0.4) is 0 Å². The van der Waals surface area contributed by atoms with Crippen LogP contribution in [0.5, 0.6) is 0 Å². The fourth-order valence-corrected chi connectivity index (χ4v) is 1.90. The van der Waals surface area contributed by atoms with E-state index in [9.17, 15) is 4.79 Å². The summed E-state index contributed by atoms with van der Waals surface area (Å²) >= 11 is 1.53. The molecule has 0 spiro atoms. The molecule has 0 aliphatic heterocycles. The molecule has 0 unspecified atom stereocenters. The molecular formula is C10H18N2OS. The van der Waals surface area contributed by atoms with Gasteiger partial charge >= 0.3 is 0 Å². The zero-order valence-electron chi connectivity index (χ0n) is 8.53. The fourth-order valence-electron chi connectivity index (χ4n) is 1.64. The van der Waals surface area contributed by atoms with Crippen molar-refractivity contribution in [1.29, 1.82) is 0 Å². The van der Waals surface area contributed by atoms with Gasteiger partial charge in [0, 0.05) is 18.2 Å². The van der Waals surface area contributed by atoms with Crippen molar-refractivity contribution < 1.29 is 4.79 Å². The minimum absolute atomic E-state index is 0.0137. The lowest BCUT2D eigenvalue weighted by molar-refractivity contribution is -0.117. The quantitative estimate of drug-likeness (QED) is 0.695. The second-order valence-electron chi connectivity index (χ2n) is 3.66. The van der Waals surface area contributed by atoms with Gasteiger partial charge in [0.25, 0.3) is 0 Å². The zero-order chi connectivity index (χ0) is 10.4. The van der Waals surface area contributed by atoms with Crippen LogP contribution < -0.4 is 11.1 Å². The Hall–Kier alpha value is -0.480. The van der Waals surface area contributed by atoms with E-state index < -0.39 is 0 Å². The van der Waals surface area contributed by atoms with Crippen LogP contribution in [0.4, 0.5) is 0 Å². The summed E-state index contributed by atoms with van der Waals surface area (Å²) in [6.45, 7) is 0. The molecule has 0 radical (unpaired) electrons. The highest BCUT2D eigenvalue weighted by atomic mass is 32.2. The topological polar surface area (TPSA) is 55.1 Å². The molecule has 1 aliphatic carbocycles. The number of amides is 1. The molecule has 3 nitrogen and oxygen atoms in total. The van der Waals surface area contributed by atoms with E-state index in [4.69, 9.17) is 5.73 Å². The average Bonchev–Trinajstić information content (AvgIpc) is 2.18. The molecule has 0 atom stereocenters. The Bertz CT molecular complexity index is 210. The number of hydrogen-bond acceptors (Lipinski definition) is 3. The van der Waals surface area contributed by atoms with Gasteiger partial charge in [-0.2, -0.15) is 0 Å². The van der Waals surface area contributed by atoms with E-state index in [1.54, 1.807) is 11.5 Å². The lowest BCUT2D eigenvalue weighted by Crippen LogP contribution is -2.39. The maximum Gasteiger partial charge on any atom is 0.244 e. The fraction of sp³-hybridized carbons (Fsp3) is 0.700. The minimum atomic E-state index is 0.0137. The Morgan fingerprint density at radius 1 is 1.43 bits per heavy atom. The van der Waals surface area contributed by atoms with Crippen LogP contribution in [-0.2, 0) is 4.79 Å². The summed E-state index contributed by atoms with van der Waals surface area (Å²) in [4.78, 5) is 11.3. The van der Waals surface area contributed by atoms with Crippen LogP contribution >= 0.6 is 11.8 Å². The van der Waals surface area contributed by atoms with Gasteiger partial charge in [-0.1, -0.05) is 0 Å². The van der Waals surface area contributed by atoms with Crippen molar-refractivity contribution in [3.8, 4) is 0 Å². The van der Waals surface area contributed by atoms with Crippen LogP contribution in [0.2, 0.25) is 0 Å². The predicted molar refractivity (Wildman–Crippen MR) is 61.0 cm³/mol. The van der Waals surface area contributed by atoms with Crippen LogP contribution in [-0.4, -0.2) is 24.2 Å². The van der Waals surface area contributed by atoms with Crippen LogP contribution in [0.1, 0.15) is 25.7 Å². The highest BCUT2D eigenvalue weighted by Gasteiger charge is 2.18. The number of nitrogens with one attached hydrogen (secondary N) is 1. The van der Waals surface area contributed by atoms with Crippen molar-refractivity contribution in [1.82, 2.24) is 5.32 Å². The van der Waals surface area contributed by atoms with E-state index in [-0.39, 0.29) is 5.91 Å². The molecule has 0 aromatic heterocycles. The summed E-state index contributed by atoms with van der Waals surface area (Å²) in [6, 6.07) is 0.665. The molecule has 1 saturated carbocycles. The number of hydrogen-bond donors (Lipinski definition) is 2. The summed E-state index contributed by atoms with van der Waals surface area (Å²) in [5.41, 5.74) is 5.78. The molecule has 3 N–H and O–H groups in total. The Balaban J connectivity index is 2.24. The average molecular weight is 214 g/mol. The van der Waals surface area contributed by atoms with Crippen molar-refractivity contribution in [2.45, 2.75) is 37.8 Å². The summed E-state index contributed by atoms with van der Waals surface area (Å²) in [6.07, 6.45) is 7.59. The van der Waals surface area contributed by atoms with Gasteiger partial charge in [0.15, 0.2) is 0 Å². The molecule has 80 valence electrons. The van der Waals surface area contributed by atoms with Crippen molar-refractivity contribution in [3.63, 3.8) is 0 Å². The maximum absolute atomic E-state index is 11.3. The van der Waals surface area contributed by atoms with Gasteiger partial charge in [-0.05, 0) is 37.3 Å². The lowest BCUT2D eigenvalue weighted by atomic mass is 9.92. The highest BCUT2D eigenvalue weighted by Crippen LogP contribution is 2.16. The Morgan fingerprint density at radius 2 is 2.07 bits per heavy atom. The Morgan fingerprint density at radius 3 is 2.64 bits per heavy atom. The van der Waals surface area contributed by atoms with Gasteiger partial charge in [-0.15, -0.1) is 11.8 Å². The normalized spacial score (nSPS) is 27.9. The molecule has 4 heteroatoms. The third-order valence-corrected chi connectivity index (χ3v) is 2.88. The first-order valence-electron chi connectivity index (χ1n) is 4.98. The molecule has 0 aromatic rings. The van der Waals surface area contributed by atoms with E-state index >= 15 is 0 Å². The van der Waals surface area contributed by atoms with Gasteiger partial charge in [0.05, 0.1) is 0 Å². The molecule has 1 rings (SSSR count). The van der Waals surface area contributed by atoms with Crippen molar-refractivity contribution >= 4 is 17.7 Å². The first kappa shape index (κ1) is 11.6. The molecule has 0 bridgehead atoms. The summed E-state index contributed by atoms with van der Waals surface area (Å²) in [5.74, 6) is 0.0137. The summed E-state index contributed by atoms with van der Waals surface area (Å²) in [5, 5.41) is 4.78. The van der Waals surface area contributed by atoms with Crippen LogP contribution in [0.15, 0.2) is 11.5 Å². The summed E-state index contributed by atoms with van der Waals surface area (Å²) in [7, 11) is 0. The molecule has 1 amide bonds. The lowest BCUT2D eigenvalue weighted by Gasteiger charge is -2.26. The van der Waals surface area contributed by atoms with Crippen molar-refractivity contribution in [2.24, 2.45) is 5.73 Å². The van der Waals surface area contributed by atoms with Gasteiger partial charge in [0.1, 0.15) is 0 Å². The number of carbonyl (C=O) groups is 1. The van der Waals surface area contributed by atoms with E-state index in [0.717, 1.165) is 25.7 Å². The third kappa shape index (κ3) is 4.15. The molecular weight excluding hydrogens is 196 g/mol. The molecule has 0 heterocycles. The first-order valence-corrected chi connectivity index (χ1v) is 6.26. The Kier molecular flexibility index (Phi) is 5.04. The number of thioether (sulfide) groups is 1. The van der Waals surface area contributed by atoms with E-state index in [0.29, 0.717) is 12.1 Å². The van der Waals surface area contributed by atoms with Gasteiger partial charge in [-0.25, -0.2) is 0 Å². The van der Waals surface area contributed by atoms with E-state index in [1.165, 1.54) is 11.8 Å². The van der Waals surface area contributed by atoms with Gasteiger partial charge in [0.2, 0.25) is 5.91 Å². The number of nitrogens with two attached hydrogens (primary N) is 1. The standard InChI is InChI=1S/C10H18N2OS/c1-14-7-6-10(13)12-9-4-2-8(11)3-5-9/h6-9H,2-5,11H2,1H3,(H,12,13)/b7-6+. The summed E-state index contributed by atoms with van der Waals surface area (Å²) < 4.78 is 0. The zero-order valence-corrected chi connectivity index (χ0v) is 9.35. The molecule has 14 heavy (non-hydrogen) atoms. The Labute approximate surface area is 89.5 Å². The van der Waals surface area contributed by atoms with Crippen LogP contribution in [0.25, 0.3) is 0 Å². The smallest absolute Gasteiger partial charge is 0.244 e. The van der Waals surface area contributed by atoms with Crippen LogP contribution in [0, 0.1) is 0 Å².